The van der Waals surface area contributed by atoms with Gasteiger partial charge in [0.15, 0.2) is 0 Å². The molecule has 0 spiro atoms. The fourth-order valence-corrected chi connectivity index (χ4v) is 3.55. The maximum Gasteiger partial charge on any atom is 0.246 e. The summed E-state index contributed by atoms with van der Waals surface area (Å²) < 4.78 is 31.5. The number of ether oxygens (including phenoxy) is 1. The van der Waals surface area contributed by atoms with Gasteiger partial charge in [-0.25, -0.2) is 8.42 Å². The van der Waals surface area contributed by atoms with Gasteiger partial charge in [0, 0.05) is 26.2 Å². The lowest BCUT2D eigenvalue weighted by Crippen LogP contribution is -2.46. The summed E-state index contributed by atoms with van der Waals surface area (Å²) >= 11 is 0. The first kappa shape index (κ1) is 16.7. The minimum absolute atomic E-state index is 0. The van der Waals surface area contributed by atoms with Gasteiger partial charge in [-0.1, -0.05) is 0 Å². The number of nitrogens with one attached hydrogen (secondary N) is 1. The van der Waals surface area contributed by atoms with Crippen molar-refractivity contribution < 1.29 is 13.2 Å². The zero-order valence-corrected chi connectivity index (χ0v) is 12.6. The number of nitrogens with zero attached hydrogens (tertiary/aromatic N) is 2. The highest BCUT2D eigenvalue weighted by Gasteiger charge is 2.28. The number of hydrogen-bond acceptors (Lipinski definition) is 5. The van der Waals surface area contributed by atoms with Crippen molar-refractivity contribution in [2.75, 3.05) is 33.3 Å². The summed E-state index contributed by atoms with van der Waals surface area (Å²) in [6.07, 6.45) is 0. The molecule has 0 atom stereocenters. The van der Waals surface area contributed by atoms with Crippen LogP contribution in [0, 0.1) is 11.3 Å². The number of benzene rings is 1. The molecule has 1 aliphatic rings. The number of sulfonamides is 1. The van der Waals surface area contributed by atoms with Crippen LogP contribution < -0.4 is 10.1 Å². The minimum atomic E-state index is -3.57. The predicted molar refractivity (Wildman–Crippen MR) is 76.6 cm³/mol. The number of halogens is 1. The fourth-order valence-electron chi connectivity index (χ4n) is 1.97. The molecule has 6 nitrogen and oxygen atoms in total. The van der Waals surface area contributed by atoms with Crippen LogP contribution in [0.15, 0.2) is 23.1 Å². The molecular weight excluding hydrogens is 302 g/mol. The van der Waals surface area contributed by atoms with E-state index in [-0.39, 0.29) is 23.1 Å². The van der Waals surface area contributed by atoms with Crippen LogP contribution in [0.1, 0.15) is 5.56 Å². The molecule has 1 heterocycles. The Labute approximate surface area is 124 Å². The Bertz CT molecular complexity index is 607. The molecule has 1 saturated heterocycles. The van der Waals surface area contributed by atoms with Crippen molar-refractivity contribution >= 4 is 22.4 Å². The average Bonchev–Trinajstić information content (AvgIpc) is 2.47. The van der Waals surface area contributed by atoms with Crippen LogP contribution in [0.4, 0.5) is 0 Å². The van der Waals surface area contributed by atoms with Gasteiger partial charge in [-0.3, -0.25) is 0 Å². The molecule has 1 aliphatic heterocycles. The number of rotatable bonds is 3. The SMILES string of the molecule is COc1cc(C#N)ccc1S(=O)(=O)N1CCNCC1.Cl. The zero-order chi connectivity index (χ0) is 13.9. The summed E-state index contributed by atoms with van der Waals surface area (Å²) in [5, 5.41) is 11.9. The fraction of sp³-hybridized carbons (Fsp3) is 0.417. The Kier molecular flexibility index (Phi) is 5.77. The van der Waals surface area contributed by atoms with Crippen LogP contribution in [-0.4, -0.2) is 46.0 Å². The second kappa shape index (κ2) is 6.90. The molecule has 20 heavy (non-hydrogen) atoms. The molecule has 1 aromatic carbocycles. The summed E-state index contributed by atoms with van der Waals surface area (Å²) in [5.41, 5.74) is 0.371. The molecule has 8 heteroatoms. The molecule has 1 aromatic rings. The molecular formula is C12H16ClN3O3S. The molecule has 1 N–H and O–H groups in total. The van der Waals surface area contributed by atoms with E-state index in [2.05, 4.69) is 5.32 Å². The minimum Gasteiger partial charge on any atom is -0.495 e. The number of piperazine rings is 1. The largest absolute Gasteiger partial charge is 0.495 e. The molecule has 0 aromatic heterocycles. The van der Waals surface area contributed by atoms with Crippen molar-refractivity contribution in [3.05, 3.63) is 23.8 Å². The summed E-state index contributed by atoms with van der Waals surface area (Å²) in [6, 6.07) is 6.31. The molecule has 0 unspecified atom stereocenters. The number of hydrogen-bond donors (Lipinski definition) is 1. The van der Waals surface area contributed by atoms with Crippen molar-refractivity contribution in [1.29, 1.82) is 5.26 Å². The molecule has 0 aliphatic carbocycles. The maximum absolute atomic E-state index is 12.5. The van der Waals surface area contributed by atoms with Gasteiger partial charge in [0.2, 0.25) is 10.0 Å². The first-order valence-corrected chi connectivity index (χ1v) is 7.32. The highest BCUT2D eigenvalue weighted by atomic mass is 35.5. The van der Waals surface area contributed by atoms with Gasteiger partial charge in [0.25, 0.3) is 0 Å². The van der Waals surface area contributed by atoms with E-state index in [9.17, 15) is 8.42 Å². The molecule has 110 valence electrons. The number of nitriles is 1. The molecule has 1 fully saturated rings. The van der Waals surface area contributed by atoms with E-state index in [4.69, 9.17) is 10.00 Å². The van der Waals surface area contributed by atoms with Crippen molar-refractivity contribution in [2.45, 2.75) is 4.90 Å². The van der Waals surface area contributed by atoms with Crippen LogP contribution in [-0.2, 0) is 10.0 Å². The second-order valence-corrected chi connectivity index (χ2v) is 6.04. The monoisotopic (exact) mass is 317 g/mol. The van der Waals surface area contributed by atoms with E-state index in [1.54, 1.807) is 0 Å². The molecule has 0 amide bonds. The molecule has 0 saturated carbocycles. The second-order valence-electron chi connectivity index (χ2n) is 4.13. The Hall–Kier alpha value is -1.33. The smallest absolute Gasteiger partial charge is 0.246 e. The quantitative estimate of drug-likeness (QED) is 0.882. The summed E-state index contributed by atoms with van der Waals surface area (Å²) in [7, 11) is -2.17. The van der Waals surface area contributed by atoms with E-state index in [1.165, 1.54) is 29.6 Å². The van der Waals surface area contributed by atoms with Gasteiger partial charge >= 0.3 is 0 Å². The molecule has 0 radical (unpaired) electrons. The topological polar surface area (TPSA) is 82.4 Å². The van der Waals surface area contributed by atoms with Crippen LogP contribution in [0.25, 0.3) is 0 Å². The Morgan fingerprint density at radius 2 is 2.00 bits per heavy atom. The van der Waals surface area contributed by atoms with E-state index in [1.807, 2.05) is 6.07 Å². The van der Waals surface area contributed by atoms with Crippen molar-refractivity contribution in [2.24, 2.45) is 0 Å². The Morgan fingerprint density at radius 3 is 2.55 bits per heavy atom. The highest BCUT2D eigenvalue weighted by Crippen LogP contribution is 2.27. The van der Waals surface area contributed by atoms with Crippen molar-refractivity contribution in [1.82, 2.24) is 9.62 Å². The van der Waals surface area contributed by atoms with E-state index in [0.29, 0.717) is 31.7 Å². The standard InChI is InChI=1S/C12H15N3O3S.ClH/c1-18-11-8-10(9-13)2-3-12(11)19(16,17)15-6-4-14-5-7-15;/h2-3,8,14H,4-7H2,1H3;1H. The first-order valence-electron chi connectivity index (χ1n) is 5.88. The van der Waals surface area contributed by atoms with Gasteiger partial charge in [0.1, 0.15) is 10.6 Å². The zero-order valence-electron chi connectivity index (χ0n) is 11.0. The summed E-state index contributed by atoms with van der Waals surface area (Å²) in [6.45, 7) is 2.15. The van der Waals surface area contributed by atoms with E-state index >= 15 is 0 Å². The van der Waals surface area contributed by atoms with Crippen molar-refractivity contribution in [3.8, 4) is 11.8 Å². The first-order chi connectivity index (χ1) is 9.09. The van der Waals surface area contributed by atoms with Gasteiger partial charge in [0.05, 0.1) is 18.7 Å². The third kappa shape index (κ3) is 3.22. The number of methoxy groups -OCH3 is 1. The molecule has 2 rings (SSSR count). The normalized spacial score (nSPS) is 16.0. The third-order valence-corrected chi connectivity index (χ3v) is 4.92. The average molecular weight is 318 g/mol. The summed E-state index contributed by atoms with van der Waals surface area (Å²) in [4.78, 5) is 0.107. The maximum atomic E-state index is 12.5. The van der Waals surface area contributed by atoms with Crippen LogP contribution in [0.2, 0.25) is 0 Å². The van der Waals surface area contributed by atoms with Crippen LogP contribution in [0.3, 0.4) is 0 Å². The van der Waals surface area contributed by atoms with Gasteiger partial charge in [-0.15, -0.1) is 12.4 Å². The van der Waals surface area contributed by atoms with Gasteiger partial charge < -0.3 is 10.1 Å². The Morgan fingerprint density at radius 1 is 1.35 bits per heavy atom. The predicted octanol–water partition coefficient (Wildman–Crippen LogP) is 0.583. The van der Waals surface area contributed by atoms with Gasteiger partial charge in [-0.2, -0.15) is 9.57 Å². The van der Waals surface area contributed by atoms with Crippen LogP contribution in [0.5, 0.6) is 5.75 Å². The van der Waals surface area contributed by atoms with Crippen molar-refractivity contribution in [3.63, 3.8) is 0 Å². The van der Waals surface area contributed by atoms with Crippen LogP contribution >= 0.6 is 12.4 Å². The lowest BCUT2D eigenvalue weighted by Gasteiger charge is -2.27. The summed E-state index contributed by atoms with van der Waals surface area (Å²) in [5.74, 6) is 0.206. The van der Waals surface area contributed by atoms with E-state index in [0.717, 1.165) is 0 Å². The lowest BCUT2D eigenvalue weighted by atomic mass is 10.2. The Balaban J connectivity index is 0.00000200. The highest BCUT2D eigenvalue weighted by molar-refractivity contribution is 7.89. The lowest BCUT2D eigenvalue weighted by molar-refractivity contribution is 0.355. The van der Waals surface area contributed by atoms with Gasteiger partial charge in [-0.05, 0) is 18.2 Å². The molecule has 0 bridgehead atoms. The third-order valence-electron chi connectivity index (χ3n) is 2.99. The van der Waals surface area contributed by atoms with E-state index < -0.39 is 10.0 Å².